The van der Waals surface area contributed by atoms with Gasteiger partial charge in [0, 0.05) is 0 Å². The Morgan fingerprint density at radius 1 is 1.21 bits per heavy atom. The van der Waals surface area contributed by atoms with Gasteiger partial charge in [-0.3, -0.25) is 0 Å². The first-order valence-corrected chi connectivity index (χ1v) is 3.91. The van der Waals surface area contributed by atoms with Gasteiger partial charge in [-0.25, -0.2) is 0 Å². The molecule has 2 nitrogen and oxygen atoms in total. The Morgan fingerprint density at radius 3 is 2.07 bits per heavy atom. The first-order chi connectivity index (χ1) is 6.27. The number of rotatable bonds is 2. The summed E-state index contributed by atoms with van der Waals surface area (Å²) in [5.74, 6) is -1.07. The van der Waals surface area contributed by atoms with Crippen LogP contribution in [0.5, 0.6) is 0 Å². The van der Waals surface area contributed by atoms with Gasteiger partial charge in [0.15, 0.2) is 0 Å². The molecule has 0 aliphatic rings. The van der Waals surface area contributed by atoms with Gasteiger partial charge in [0.05, 0.1) is 5.41 Å². The molecule has 0 unspecified atom stereocenters. The zero-order valence-electron chi connectivity index (χ0n) is 7.68. The van der Waals surface area contributed by atoms with Gasteiger partial charge in [-0.2, -0.15) is 13.2 Å². The number of furan rings is 1. The second kappa shape index (κ2) is 3.15. The fourth-order valence-corrected chi connectivity index (χ4v) is 0.895. The van der Waals surface area contributed by atoms with Crippen LogP contribution in [0.25, 0.3) is 0 Å². The van der Waals surface area contributed by atoms with Crippen LogP contribution in [0.1, 0.15) is 25.4 Å². The van der Waals surface area contributed by atoms with E-state index < -0.39 is 17.4 Å². The van der Waals surface area contributed by atoms with E-state index in [2.05, 4.69) is 4.42 Å². The fourth-order valence-electron chi connectivity index (χ4n) is 0.895. The van der Waals surface area contributed by atoms with Gasteiger partial charge in [0.1, 0.15) is 12.0 Å². The molecule has 0 saturated carbocycles. The van der Waals surface area contributed by atoms with Gasteiger partial charge in [0.2, 0.25) is 5.76 Å². The third-order valence-corrected chi connectivity index (χ3v) is 1.82. The summed E-state index contributed by atoms with van der Waals surface area (Å²) in [6, 6.07) is 1.98. The van der Waals surface area contributed by atoms with Crippen molar-refractivity contribution in [3.63, 3.8) is 0 Å². The molecule has 0 amide bonds. The molecule has 1 rings (SSSR count). The molecule has 0 atom stereocenters. The molecule has 78 valence electrons. The molecule has 0 spiro atoms. The average Bonchev–Trinajstić information content (AvgIpc) is 2.51. The molecular weight excluding hydrogens is 197 g/mol. The van der Waals surface area contributed by atoms with Crippen molar-refractivity contribution in [1.29, 1.82) is 0 Å². The Labute approximate surface area is 78.7 Å². The summed E-state index contributed by atoms with van der Waals surface area (Å²) >= 11 is 0. The highest BCUT2D eigenvalue weighted by molar-refractivity contribution is 5.65. The van der Waals surface area contributed by atoms with Crippen LogP contribution in [0.4, 0.5) is 13.2 Å². The molecular formula is C9H9F3O2. The fraction of sp³-hybridized carbons (Fsp3) is 0.444. The highest BCUT2D eigenvalue weighted by Gasteiger charge is 2.36. The number of carbonyl (C=O) groups is 1. The molecule has 1 heterocycles. The Morgan fingerprint density at radius 2 is 1.71 bits per heavy atom. The van der Waals surface area contributed by atoms with E-state index in [1.54, 1.807) is 0 Å². The number of hydrogen-bond donors (Lipinski definition) is 0. The number of carbonyl (C=O) groups excluding carboxylic acids is 1. The molecule has 0 radical (unpaired) electrons. The van der Waals surface area contributed by atoms with Gasteiger partial charge in [-0.15, -0.1) is 0 Å². The van der Waals surface area contributed by atoms with Crippen LogP contribution in [0.3, 0.4) is 0 Å². The topological polar surface area (TPSA) is 30.2 Å². The van der Waals surface area contributed by atoms with Crippen molar-refractivity contribution in [3.05, 3.63) is 23.7 Å². The van der Waals surface area contributed by atoms with E-state index in [1.165, 1.54) is 13.8 Å². The van der Waals surface area contributed by atoms with Gasteiger partial charge >= 0.3 is 6.18 Å². The molecule has 0 aliphatic heterocycles. The van der Waals surface area contributed by atoms with E-state index in [-0.39, 0.29) is 5.76 Å². The Balaban J connectivity index is 3.06. The van der Waals surface area contributed by atoms with Crippen LogP contribution >= 0.6 is 0 Å². The molecule has 1 aromatic heterocycles. The van der Waals surface area contributed by atoms with E-state index >= 15 is 0 Å². The maximum Gasteiger partial charge on any atom is 0.449 e. The quantitative estimate of drug-likeness (QED) is 0.696. The summed E-state index contributed by atoms with van der Waals surface area (Å²) in [5, 5.41) is 0. The second-order valence-electron chi connectivity index (χ2n) is 3.50. The van der Waals surface area contributed by atoms with Crippen molar-refractivity contribution < 1.29 is 22.4 Å². The van der Waals surface area contributed by atoms with Crippen LogP contribution in [0, 0.1) is 0 Å². The molecule has 0 bridgehead atoms. The predicted octanol–water partition coefficient (Wildman–Crippen LogP) is 2.77. The summed E-state index contributed by atoms with van der Waals surface area (Å²) in [7, 11) is 0. The van der Waals surface area contributed by atoms with E-state index in [4.69, 9.17) is 0 Å². The third kappa shape index (κ3) is 1.97. The summed E-state index contributed by atoms with van der Waals surface area (Å²) in [6.45, 7) is 2.97. The Hall–Kier alpha value is -1.26. The lowest BCUT2D eigenvalue weighted by Gasteiger charge is -2.12. The summed E-state index contributed by atoms with van der Waals surface area (Å²) in [4.78, 5) is 10.5. The van der Waals surface area contributed by atoms with Crippen LogP contribution in [0.2, 0.25) is 0 Å². The maximum absolute atomic E-state index is 12.1. The lowest BCUT2D eigenvalue weighted by atomic mass is 9.93. The van der Waals surface area contributed by atoms with Crippen molar-refractivity contribution in [3.8, 4) is 0 Å². The first kappa shape index (κ1) is 10.8. The zero-order chi connectivity index (χ0) is 11.0. The maximum atomic E-state index is 12.1. The molecule has 1 aromatic rings. The lowest BCUT2D eigenvalue weighted by molar-refractivity contribution is -0.153. The molecule has 0 aliphatic carbocycles. The molecule has 0 fully saturated rings. The van der Waals surface area contributed by atoms with E-state index in [1.807, 2.05) is 0 Å². The minimum atomic E-state index is -4.50. The number of hydrogen-bond acceptors (Lipinski definition) is 2. The smallest absolute Gasteiger partial charge is 0.449 e. The molecule has 14 heavy (non-hydrogen) atoms. The largest absolute Gasteiger partial charge is 0.455 e. The standard InChI is InChI=1S/C9H9F3O2/c1-8(2,5-13)6-3-4-7(14-6)9(10,11)12/h3-5H,1-2H3. The monoisotopic (exact) mass is 206 g/mol. The molecule has 5 heteroatoms. The summed E-state index contributed by atoms with van der Waals surface area (Å²) in [5.41, 5.74) is -1.02. The SMILES string of the molecule is CC(C)(C=O)c1ccc(C(F)(F)F)o1. The van der Waals surface area contributed by atoms with Crippen LogP contribution in [0.15, 0.2) is 16.5 Å². The minimum absolute atomic E-state index is 0.0137. The normalized spacial score (nSPS) is 12.9. The van der Waals surface area contributed by atoms with E-state index in [0.717, 1.165) is 12.1 Å². The Kier molecular flexibility index (Phi) is 2.43. The average molecular weight is 206 g/mol. The minimum Gasteiger partial charge on any atom is -0.455 e. The number of alkyl halides is 3. The molecule has 0 N–H and O–H groups in total. The van der Waals surface area contributed by atoms with E-state index in [0.29, 0.717) is 6.29 Å². The van der Waals surface area contributed by atoms with Crippen LogP contribution in [-0.4, -0.2) is 6.29 Å². The van der Waals surface area contributed by atoms with Crippen molar-refractivity contribution in [2.24, 2.45) is 0 Å². The van der Waals surface area contributed by atoms with Gasteiger partial charge in [0.25, 0.3) is 0 Å². The number of halogens is 3. The second-order valence-corrected chi connectivity index (χ2v) is 3.50. The van der Waals surface area contributed by atoms with E-state index in [9.17, 15) is 18.0 Å². The zero-order valence-corrected chi connectivity index (χ0v) is 7.68. The highest BCUT2D eigenvalue weighted by Crippen LogP contribution is 2.33. The molecule has 0 saturated heterocycles. The summed E-state index contributed by atoms with van der Waals surface area (Å²) in [6.07, 6.45) is -3.96. The van der Waals surface area contributed by atoms with Crippen molar-refractivity contribution in [2.75, 3.05) is 0 Å². The highest BCUT2D eigenvalue weighted by atomic mass is 19.4. The Bertz CT molecular complexity index is 336. The first-order valence-electron chi connectivity index (χ1n) is 3.91. The van der Waals surface area contributed by atoms with Crippen molar-refractivity contribution in [1.82, 2.24) is 0 Å². The van der Waals surface area contributed by atoms with Crippen LogP contribution in [-0.2, 0) is 16.4 Å². The van der Waals surface area contributed by atoms with Crippen molar-refractivity contribution >= 4 is 6.29 Å². The van der Waals surface area contributed by atoms with Gasteiger partial charge < -0.3 is 9.21 Å². The predicted molar refractivity (Wildman–Crippen MR) is 42.8 cm³/mol. The molecule has 0 aromatic carbocycles. The third-order valence-electron chi connectivity index (χ3n) is 1.82. The van der Waals surface area contributed by atoms with Gasteiger partial charge in [-0.1, -0.05) is 0 Å². The van der Waals surface area contributed by atoms with Crippen LogP contribution < -0.4 is 0 Å². The van der Waals surface area contributed by atoms with Gasteiger partial charge in [-0.05, 0) is 26.0 Å². The lowest BCUT2D eigenvalue weighted by Crippen LogP contribution is -2.17. The van der Waals surface area contributed by atoms with Crippen molar-refractivity contribution in [2.45, 2.75) is 25.4 Å². The summed E-state index contributed by atoms with van der Waals surface area (Å²) < 4.78 is 40.9. The number of aldehydes is 1.